The van der Waals surface area contributed by atoms with Gasteiger partial charge in [0.15, 0.2) is 12.0 Å². The molecular formula is C35H36N5+. The van der Waals surface area contributed by atoms with Gasteiger partial charge in [-0.3, -0.25) is 0 Å². The highest BCUT2D eigenvalue weighted by Gasteiger charge is 2.28. The topological polar surface area (TPSA) is 47.0 Å². The number of fused-ring (bicyclic) bond motifs is 5. The smallest absolute Gasteiger partial charge is 0.224 e. The molecule has 3 aromatic carbocycles. The van der Waals surface area contributed by atoms with E-state index in [1.807, 2.05) is 0 Å². The van der Waals surface area contributed by atoms with Crippen LogP contribution in [-0.4, -0.2) is 19.4 Å². The summed E-state index contributed by atoms with van der Waals surface area (Å²) in [5, 5.41) is 6.38. The molecule has 0 atom stereocenters. The maximum atomic E-state index is 5.06. The van der Waals surface area contributed by atoms with E-state index in [9.17, 15) is 0 Å². The number of aryl methyl sites for hydroxylation is 3. The predicted octanol–water partition coefficient (Wildman–Crippen LogP) is 7.88. The molecule has 200 valence electrons. The highest BCUT2D eigenvalue weighted by atomic mass is 15.1. The second-order valence-corrected chi connectivity index (χ2v) is 13.5. The van der Waals surface area contributed by atoms with Gasteiger partial charge >= 0.3 is 0 Å². The van der Waals surface area contributed by atoms with Gasteiger partial charge < -0.3 is 4.40 Å². The second-order valence-electron chi connectivity index (χ2n) is 13.5. The van der Waals surface area contributed by atoms with Crippen LogP contribution < -0.4 is 4.57 Å². The molecule has 0 spiro atoms. The molecule has 0 bridgehead atoms. The fourth-order valence-electron chi connectivity index (χ4n) is 6.25. The van der Waals surface area contributed by atoms with Crippen LogP contribution in [0.25, 0.3) is 60.4 Å². The molecule has 0 unspecified atom stereocenters. The first-order valence-corrected chi connectivity index (χ1v) is 14.1. The van der Waals surface area contributed by atoms with Crippen LogP contribution in [0.4, 0.5) is 0 Å². The summed E-state index contributed by atoms with van der Waals surface area (Å²) in [4.78, 5) is 15.1. The molecule has 0 N–H and O–H groups in total. The van der Waals surface area contributed by atoms with Crippen molar-refractivity contribution in [1.82, 2.24) is 19.4 Å². The summed E-state index contributed by atoms with van der Waals surface area (Å²) < 4.78 is 4.76. The molecular weight excluding hydrogens is 490 g/mol. The summed E-state index contributed by atoms with van der Waals surface area (Å²) in [7, 11) is 2.16. The number of rotatable bonds is 1. The van der Waals surface area contributed by atoms with Crippen molar-refractivity contribution >= 4 is 49.0 Å². The Kier molecular flexibility index (Phi) is 4.96. The van der Waals surface area contributed by atoms with Crippen molar-refractivity contribution in [1.29, 1.82) is 0 Å². The average molecular weight is 527 g/mol. The minimum atomic E-state index is -0.194. The predicted molar refractivity (Wildman–Crippen MR) is 165 cm³/mol. The fraction of sp³-hybridized carbons (Fsp3) is 0.314. The lowest BCUT2D eigenvalue weighted by atomic mass is 9.92. The van der Waals surface area contributed by atoms with Crippen molar-refractivity contribution < 1.29 is 4.57 Å². The van der Waals surface area contributed by atoms with E-state index in [1.165, 1.54) is 60.1 Å². The van der Waals surface area contributed by atoms with Gasteiger partial charge in [-0.15, -0.1) is 0 Å². The summed E-state index contributed by atoms with van der Waals surface area (Å²) in [6.07, 6.45) is 2.18. The van der Waals surface area contributed by atoms with Crippen LogP contribution in [0.2, 0.25) is 0 Å². The van der Waals surface area contributed by atoms with Crippen LogP contribution in [0.15, 0.2) is 54.7 Å². The van der Waals surface area contributed by atoms with Gasteiger partial charge in [-0.1, -0.05) is 65.8 Å². The quantitative estimate of drug-likeness (QED) is 0.124. The molecule has 0 saturated carbocycles. The van der Waals surface area contributed by atoms with Crippen molar-refractivity contribution in [3.8, 4) is 11.4 Å². The Morgan fingerprint density at radius 2 is 1.38 bits per heavy atom. The van der Waals surface area contributed by atoms with Gasteiger partial charge in [-0.05, 0) is 48.6 Å². The fourth-order valence-corrected chi connectivity index (χ4v) is 6.25. The normalized spacial score (nSPS) is 13.1. The van der Waals surface area contributed by atoms with Crippen LogP contribution in [0.5, 0.6) is 0 Å². The number of aromatic nitrogens is 5. The van der Waals surface area contributed by atoms with E-state index in [1.54, 1.807) is 0 Å². The van der Waals surface area contributed by atoms with Crippen LogP contribution in [-0.2, 0) is 17.9 Å². The number of pyridine rings is 2. The van der Waals surface area contributed by atoms with Crippen molar-refractivity contribution in [2.45, 2.75) is 66.2 Å². The molecule has 5 heteroatoms. The first-order chi connectivity index (χ1) is 18.8. The summed E-state index contributed by atoms with van der Waals surface area (Å²) in [5.74, 6) is 2.38. The molecule has 0 fully saturated rings. The Bertz CT molecular complexity index is 2120. The maximum absolute atomic E-state index is 5.06. The zero-order valence-electron chi connectivity index (χ0n) is 24.9. The van der Waals surface area contributed by atoms with Crippen molar-refractivity contribution in [2.75, 3.05) is 0 Å². The first kappa shape index (κ1) is 24.9. The molecule has 4 aromatic heterocycles. The number of nitrogens with zero attached hydrogens (tertiary/aromatic N) is 5. The third kappa shape index (κ3) is 3.39. The minimum absolute atomic E-state index is 0.194. The SMILES string of the molecule is Cc1cccc2c1c1ccc(C)c3c1n2c1cc(-c2nc(C(C)(C)C)nc(C(C)(C)C)n2)cc2cc[n+](C)c3c21. The number of hydrogen-bond donors (Lipinski definition) is 0. The van der Waals surface area contributed by atoms with E-state index in [0.29, 0.717) is 0 Å². The van der Waals surface area contributed by atoms with Gasteiger partial charge in [-0.25, -0.2) is 19.5 Å². The van der Waals surface area contributed by atoms with Gasteiger partial charge in [0.05, 0.1) is 27.3 Å². The van der Waals surface area contributed by atoms with E-state index < -0.39 is 0 Å². The third-order valence-electron chi connectivity index (χ3n) is 8.30. The largest absolute Gasteiger partial charge is 0.307 e. The Labute approximate surface area is 234 Å². The summed E-state index contributed by atoms with van der Waals surface area (Å²) in [5.41, 5.74) is 8.15. The van der Waals surface area contributed by atoms with E-state index in [4.69, 9.17) is 15.0 Å². The summed E-state index contributed by atoms with van der Waals surface area (Å²) >= 11 is 0. The Morgan fingerprint density at radius 1 is 0.700 bits per heavy atom. The Morgan fingerprint density at radius 3 is 2.05 bits per heavy atom. The van der Waals surface area contributed by atoms with Crippen molar-refractivity contribution in [3.05, 3.63) is 77.5 Å². The standard InChI is InChI=1S/C35H36N5/c1-19-11-10-12-24-26(19)23-14-13-20(2)27-29(23)40(24)25-18-22(17-21-15-16-39(9)30(27)28(21)25)31-36-32(34(3,4)5)38-33(37-31)35(6,7)8/h10-18H,1-9H3/q+1. The molecule has 4 heterocycles. The molecule has 40 heavy (non-hydrogen) atoms. The molecule has 0 amide bonds. The van der Waals surface area contributed by atoms with Crippen LogP contribution >= 0.6 is 0 Å². The Hall–Kier alpha value is -4.12. The molecule has 0 aliphatic rings. The number of hydrogen-bond acceptors (Lipinski definition) is 3. The highest BCUT2D eigenvalue weighted by Crippen LogP contribution is 2.42. The van der Waals surface area contributed by atoms with Gasteiger partial charge in [0.1, 0.15) is 18.7 Å². The summed E-state index contributed by atoms with van der Waals surface area (Å²) in [6.45, 7) is 17.4. The van der Waals surface area contributed by atoms with Gasteiger partial charge in [0.2, 0.25) is 5.52 Å². The molecule has 7 aromatic rings. The van der Waals surface area contributed by atoms with Gasteiger partial charge in [0, 0.05) is 33.2 Å². The molecule has 0 saturated heterocycles. The highest BCUT2D eigenvalue weighted by molar-refractivity contribution is 6.26. The lowest BCUT2D eigenvalue weighted by Gasteiger charge is -2.23. The summed E-state index contributed by atoms with van der Waals surface area (Å²) in [6, 6.07) is 18.0. The molecule has 0 radical (unpaired) electrons. The van der Waals surface area contributed by atoms with Crippen molar-refractivity contribution in [3.63, 3.8) is 0 Å². The van der Waals surface area contributed by atoms with Crippen LogP contribution in [0.1, 0.15) is 64.3 Å². The van der Waals surface area contributed by atoms with E-state index in [-0.39, 0.29) is 10.8 Å². The molecule has 0 aliphatic carbocycles. The molecule has 5 nitrogen and oxygen atoms in total. The minimum Gasteiger partial charge on any atom is -0.307 e. The molecule has 0 aliphatic heterocycles. The van der Waals surface area contributed by atoms with Gasteiger partial charge in [-0.2, -0.15) is 0 Å². The van der Waals surface area contributed by atoms with Gasteiger partial charge in [0.25, 0.3) is 0 Å². The van der Waals surface area contributed by atoms with Crippen molar-refractivity contribution in [2.24, 2.45) is 7.05 Å². The van der Waals surface area contributed by atoms with E-state index in [0.717, 1.165) is 23.0 Å². The lowest BCUT2D eigenvalue weighted by Crippen LogP contribution is -2.29. The van der Waals surface area contributed by atoms with E-state index >= 15 is 0 Å². The monoisotopic (exact) mass is 526 g/mol. The van der Waals surface area contributed by atoms with Crippen LogP contribution in [0.3, 0.4) is 0 Å². The Balaban J connectivity index is 1.71. The zero-order chi connectivity index (χ0) is 28.3. The molecule has 7 rings (SSSR count). The maximum Gasteiger partial charge on any atom is 0.224 e. The van der Waals surface area contributed by atoms with Crippen LogP contribution in [0, 0.1) is 13.8 Å². The first-order valence-electron chi connectivity index (χ1n) is 14.1. The lowest BCUT2D eigenvalue weighted by molar-refractivity contribution is -0.643. The second kappa shape index (κ2) is 7.97. The van der Waals surface area contributed by atoms with E-state index in [2.05, 4.69) is 126 Å². The third-order valence-corrected chi connectivity index (χ3v) is 8.30. The number of benzene rings is 3. The average Bonchev–Trinajstić information content (AvgIpc) is 3.23. The zero-order valence-corrected chi connectivity index (χ0v) is 24.9.